The zero-order valence-electron chi connectivity index (χ0n) is 12.9. The molecular weight excluding hydrogens is 318 g/mol. The summed E-state index contributed by atoms with van der Waals surface area (Å²) in [5.74, 6) is 0.0456. The Morgan fingerprint density at radius 3 is 2.91 bits per heavy atom. The van der Waals surface area contributed by atoms with Gasteiger partial charge in [-0.05, 0) is 31.4 Å². The van der Waals surface area contributed by atoms with Crippen molar-refractivity contribution < 1.29 is 17.9 Å². The zero-order chi connectivity index (χ0) is 16.4. The molecule has 0 bridgehead atoms. The number of esters is 1. The molecule has 0 spiro atoms. The van der Waals surface area contributed by atoms with E-state index in [4.69, 9.17) is 4.74 Å². The number of nitrogens with one attached hydrogen (secondary N) is 1. The number of fused-ring (bicyclic) bond motifs is 1. The Kier molecular flexibility index (Phi) is 4.25. The Hall–Kier alpha value is -2.09. The van der Waals surface area contributed by atoms with Gasteiger partial charge in [0.15, 0.2) is 11.5 Å². The molecule has 1 aliphatic carbocycles. The van der Waals surface area contributed by atoms with Gasteiger partial charge in [-0.25, -0.2) is 18.2 Å². The normalized spacial score (nSPS) is 14.8. The summed E-state index contributed by atoms with van der Waals surface area (Å²) in [7, 11) is -3.54. The SMILES string of the molecule is CCOC(=O)c1nc2ccccn2c1NS(=O)(=O)CCC1CC1. The van der Waals surface area contributed by atoms with Gasteiger partial charge in [0.25, 0.3) is 0 Å². The van der Waals surface area contributed by atoms with E-state index in [1.54, 1.807) is 35.7 Å². The number of ether oxygens (including phenoxy) is 1. The van der Waals surface area contributed by atoms with Gasteiger partial charge in [-0.3, -0.25) is 9.12 Å². The first-order valence-corrected chi connectivity index (χ1v) is 9.30. The van der Waals surface area contributed by atoms with E-state index in [0.717, 1.165) is 12.8 Å². The van der Waals surface area contributed by atoms with Crippen molar-refractivity contribution in [2.24, 2.45) is 5.92 Å². The summed E-state index contributed by atoms with van der Waals surface area (Å²) in [6.07, 6.45) is 4.49. The minimum atomic E-state index is -3.54. The van der Waals surface area contributed by atoms with Gasteiger partial charge in [0.1, 0.15) is 5.65 Å². The van der Waals surface area contributed by atoms with E-state index >= 15 is 0 Å². The zero-order valence-corrected chi connectivity index (χ0v) is 13.7. The first-order valence-electron chi connectivity index (χ1n) is 7.65. The molecular formula is C15H19N3O4S. The van der Waals surface area contributed by atoms with Crippen LogP contribution in [0.25, 0.3) is 5.65 Å². The number of pyridine rings is 1. The summed E-state index contributed by atoms with van der Waals surface area (Å²) >= 11 is 0. The van der Waals surface area contributed by atoms with Crippen molar-refractivity contribution >= 4 is 27.5 Å². The lowest BCUT2D eigenvalue weighted by atomic mass is 10.3. The molecule has 0 amide bonds. The molecule has 0 aliphatic heterocycles. The van der Waals surface area contributed by atoms with Gasteiger partial charge in [0, 0.05) is 6.20 Å². The van der Waals surface area contributed by atoms with Crippen LogP contribution in [0.3, 0.4) is 0 Å². The van der Waals surface area contributed by atoms with E-state index in [1.807, 2.05) is 0 Å². The molecule has 0 atom stereocenters. The second-order valence-electron chi connectivity index (χ2n) is 5.61. The molecule has 2 aromatic heterocycles. The number of rotatable bonds is 7. The largest absolute Gasteiger partial charge is 0.461 e. The summed E-state index contributed by atoms with van der Waals surface area (Å²) in [4.78, 5) is 16.2. The first kappa shape index (κ1) is 15.8. The summed E-state index contributed by atoms with van der Waals surface area (Å²) in [5.41, 5.74) is 0.462. The van der Waals surface area contributed by atoms with Gasteiger partial charge in [-0.15, -0.1) is 0 Å². The average Bonchev–Trinajstić information content (AvgIpc) is 3.28. The average molecular weight is 337 g/mol. The number of carbonyl (C=O) groups excluding carboxylic acids is 1. The van der Waals surface area contributed by atoms with E-state index in [1.165, 1.54) is 0 Å². The van der Waals surface area contributed by atoms with Crippen LogP contribution >= 0.6 is 0 Å². The van der Waals surface area contributed by atoms with E-state index < -0.39 is 16.0 Å². The first-order chi connectivity index (χ1) is 11.0. The number of hydrogen-bond donors (Lipinski definition) is 1. The van der Waals surface area contributed by atoms with Crippen molar-refractivity contribution in [2.45, 2.75) is 26.2 Å². The molecule has 0 saturated heterocycles. The molecule has 0 unspecified atom stereocenters. The van der Waals surface area contributed by atoms with E-state index in [9.17, 15) is 13.2 Å². The van der Waals surface area contributed by atoms with Gasteiger partial charge >= 0.3 is 5.97 Å². The molecule has 2 heterocycles. The Morgan fingerprint density at radius 1 is 1.43 bits per heavy atom. The number of carbonyl (C=O) groups is 1. The third-order valence-corrected chi connectivity index (χ3v) is 5.02. The van der Waals surface area contributed by atoms with Gasteiger partial charge in [-0.1, -0.05) is 18.9 Å². The van der Waals surface area contributed by atoms with Crippen LogP contribution in [0.1, 0.15) is 36.7 Å². The molecule has 1 aliphatic rings. The lowest BCUT2D eigenvalue weighted by molar-refractivity contribution is 0.0521. The summed E-state index contributed by atoms with van der Waals surface area (Å²) in [6, 6.07) is 5.21. The van der Waals surface area contributed by atoms with Crippen LogP contribution in [-0.4, -0.2) is 36.1 Å². The van der Waals surface area contributed by atoms with Crippen LogP contribution in [0.15, 0.2) is 24.4 Å². The highest BCUT2D eigenvalue weighted by molar-refractivity contribution is 7.92. The standard InChI is InChI=1S/C15H19N3O4S/c1-2-22-15(19)13-14(18-9-4-3-5-12(18)16-13)17-23(20,21)10-8-11-6-7-11/h3-5,9,11,17H,2,6-8,10H2,1H3. The molecule has 1 saturated carbocycles. The second-order valence-corrected chi connectivity index (χ2v) is 7.45. The van der Waals surface area contributed by atoms with Crippen LogP contribution in [0, 0.1) is 5.92 Å². The maximum atomic E-state index is 12.3. The van der Waals surface area contributed by atoms with Gasteiger partial charge in [0.05, 0.1) is 12.4 Å². The smallest absolute Gasteiger partial charge is 0.360 e. The summed E-state index contributed by atoms with van der Waals surface area (Å²) < 4.78 is 33.6. The van der Waals surface area contributed by atoms with Gasteiger partial charge in [0.2, 0.25) is 10.0 Å². The fourth-order valence-corrected chi connectivity index (χ4v) is 3.60. The van der Waals surface area contributed by atoms with Crippen molar-refractivity contribution in [2.75, 3.05) is 17.1 Å². The number of nitrogens with zero attached hydrogens (tertiary/aromatic N) is 2. The minimum absolute atomic E-state index is 0.0203. The maximum absolute atomic E-state index is 12.3. The monoisotopic (exact) mass is 337 g/mol. The van der Waals surface area contributed by atoms with E-state index in [0.29, 0.717) is 18.0 Å². The fourth-order valence-electron chi connectivity index (χ4n) is 2.36. The van der Waals surface area contributed by atoms with Crippen molar-refractivity contribution in [1.82, 2.24) is 9.38 Å². The Labute approximate surface area is 134 Å². The molecule has 3 rings (SSSR count). The van der Waals surface area contributed by atoms with Gasteiger partial charge in [-0.2, -0.15) is 0 Å². The van der Waals surface area contributed by atoms with Gasteiger partial charge < -0.3 is 4.74 Å². The topological polar surface area (TPSA) is 89.8 Å². The van der Waals surface area contributed by atoms with Crippen LogP contribution in [0.5, 0.6) is 0 Å². The van der Waals surface area contributed by atoms with Crippen LogP contribution in [0.4, 0.5) is 5.82 Å². The Balaban J connectivity index is 1.93. The highest BCUT2D eigenvalue weighted by Crippen LogP contribution is 2.33. The predicted octanol–water partition coefficient (Wildman–Crippen LogP) is 2.05. The molecule has 0 aromatic carbocycles. The number of anilines is 1. The number of sulfonamides is 1. The summed E-state index contributed by atoms with van der Waals surface area (Å²) in [5, 5.41) is 0. The minimum Gasteiger partial charge on any atom is -0.461 e. The summed E-state index contributed by atoms with van der Waals surface area (Å²) in [6.45, 7) is 1.88. The second kappa shape index (κ2) is 6.19. The third-order valence-electron chi connectivity index (χ3n) is 3.74. The van der Waals surface area contributed by atoms with Crippen LogP contribution in [0.2, 0.25) is 0 Å². The van der Waals surface area contributed by atoms with E-state index in [-0.39, 0.29) is 23.9 Å². The third kappa shape index (κ3) is 3.64. The maximum Gasteiger partial charge on any atom is 0.360 e. The molecule has 8 heteroatoms. The quantitative estimate of drug-likeness (QED) is 0.781. The van der Waals surface area contributed by atoms with Crippen molar-refractivity contribution in [3.05, 3.63) is 30.1 Å². The lowest BCUT2D eigenvalue weighted by Gasteiger charge is -2.09. The fraction of sp³-hybridized carbons (Fsp3) is 0.467. The van der Waals surface area contributed by atoms with Crippen LogP contribution in [-0.2, 0) is 14.8 Å². The lowest BCUT2D eigenvalue weighted by Crippen LogP contribution is -2.20. The Morgan fingerprint density at radius 2 is 2.22 bits per heavy atom. The van der Waals surface area contributed by atoms with Crippen molar-refractivity contribution in [3.63, 3.8) is 0 Å². The molecule has 124 valence electrons. The van der Waals surface area contributed by atoms with Crippen molar-refractivity contribution in [3.8, 4) is 0 Å². The molecule has 23 heavy (non-hydrogen) atoms. The number of imidazole rings is 1. The Bertz CT molecular complexity index is 824. The highest BCUT2D eigenvalue weighted by Gasteiger charge is 2.27. The number of aromatic nitrogens is 2. The number of hydrogen-bond acceptors (Lipinski definition) is 5. The molecule has 1 N–H and O–H groups in total. The molecule has 7 nitrogen and oxygen atoms in total. The van der Waals surface area contributed by atoms with Crippen LogP contribution < -0.4 is 4.72 Å². The molecule has 2 aromatic rings. The predicted molar refractivity (Wildman–Crippen MR) is 85.9 cm³/mol. The van der Waals surface area contributed by atoms with E-state index in [2.05, 4.69) is 9.71 Å². The highest BCUT2D eigenvalue weighted by atomic mass is 32.2. The molecule has 0 radical (unpaired) electrons. The van der Waals surface area contributed by atoms with Crippen molar-refractivity contribution in [1.29, 1.82) is 0 Å². The molecule has 1 fully saturated rings.